The molecule has 0 N–H and O–H groups in total. The van der Waals surface area contributed by atoms with Gasteiger partial charge in [-0.2, -0.15) is 24.5 Å². The van der Waals surface area contributed by atoms with Gasteiger partial charge in [0, 0.05) is 17.3 Å². The fourth-order valence-corrected chi connectivity index (χ4v) is 4.07. The molecule has 0 saturated heterocycles. The summed E-state index contributed by atoms with van der Waals surface area (Å²) >= 11 is 1.57. The van der Waals surface area contributed by atoms with Crippen molar-refractivity contribution < 1.29 is 13.2 Å². The van der Waals surface area contributed by atoms with E-state index in [4.69, 9.17) is 0 Å². The second-order valence-corrected chi connectivity index (χ2v) is 7.59. The number of fused-ring (bicyclic) bond motifs is 1. The third kappa shape index (κ3) is 3.27. The van der Waals surface area contributed by atoms with E-state index in [1.807, 2.05) is 63.8 Å². The van der Waals surface area contributed by atoms with Crippen molar-refractivity contribution >= 4 is 17.0 Å². The van der Waals surface area contributed by atoms with Gasteiger partial charge in [0.15, 0.2) is 11.5 Å². The lowest BCUT2D eigenvalue weighted by atomic mass is 10.0. The molecule has 0 saturated carbocycles. The highest BCUT2D eigenvalue weighted by molar-refractivity contribution is 7.08. The molecule has 3 aromatic heterocycles. The van der Waals surface area contributed by atoms with Crippen LogP contribution >= 0.6 is 11.3 Å². The van der Waals surface area contributed by atoms with Crippen LogP contribution in [-0.2, 0) is 6.18 Å². The van der Waals surface area contributed by atoms with E-state index in [9.17, 15) is 13.2 Å². The molecule has 0 amide bonds. The minimum Gasteiger partial charge on any atom is -0.281 e. The summed E-state index contributed by atoms with van der Waals surface area (Å²) in [5.41, 5.74) is 4.28. The number of benzene rings is 2. The lowest BCUT2D eigenvalue weighted by Gasteiger charge is -2.11. The van der Waals surface area contributed by atoms with E-state index in [1.54, 1.807) is 11.3 Å². The molecule has 0 aliphatic heterocycles. The maximum atomic E-state index is 13.0. The Morgan fingerprint density at radius 1 is 0.767 bits per heavy atom. The van der Waals surface area contributed by atoms with Crippen LogP contribution in [0.3, 0.4) is 0 Å². The zero-order valence-electron chi connectivity index (χ0n) is 15.5. The zero-order valence-corrected chi connectivity index (χ0v) is 16.3. The number of rotatable bonds is 3. The first-order chi connectivity index (χ1) is 14.5. The molecule has 148 valence electrons. The fourth-order valence-electron chi connectivity index (χ4n) is 3.42. The topological polar surface area (TPSA) is 30.2 Å². The van der Waals surface area contributed by atoms with Crippen LogP contribution < -0.4 is 0 Å². The first-order valence-electron chi connectivity index (χ1n) is 9.15. The summed E-state index contributed by atoms with van der Waals surface area (Å²) in [5, 5.41) is 12.8. The van der Waals surface area contributed by atoms with Crippen molar-refractivity contribution in [3.05, 3.63) is 89.3 Å². The highest BCUT2D eigenvalue weighted by Gasteiger charge is 2.30. The lowest BCUT2D eigenvalue weighted by Crippen LogP contribution is -2.04. The van der Waals surface area contributed by atoms with Gasteiger partial charge in [-0.05, 0) is 51.7 Å². The molecule has 0 spiro atoms. The molecule has 0 radical (unpaired) electrons. The van der Waals surface area contributed by atoms with Gasteiger partial charge in [0.25, 0.3) is 0 Å². The van der Waals surface area contributed by atoms with Gasteiger partial charge in [-0.1, -0.05) is 42.5 Å². The summed E-state index contributed by atoms with van der Waals surface area (Å²) in [5.74, 6) is 0.677. The van der Waals surface area contributed by atoms with E-state index in [-0.39, 0.29) is 0 Å². The average Bonchev–Trinajstić information content (AvgIpc) is 3.43. The van der Waals surface area contributed by atoms with E-state index < -0.39 is 11.7 Å². The molecule has 0 unspecified atom stereocenters. The summed E-state index contributed by atoms with van der Waals surface area (Å²) in [6.07, 6.45) is -2.49. The second-order valence-electron chi connectivity index (χ2n) is 6.81. The first-order valence-corrected chi connectivity index (χ1v) is 10.1. The molecule has 0 fully saturated rings. The van der Waals surface area contributed by atoms with Crippen LogP contribution in [-0.4, -0.2) is 14.6 Å². The number of aromatic nitrogens is 3. The van der Waals surface area contributed by atoms with Gasteiger partial charge >= 0.3 is 6.18 Å². The molecule has 0 bridgehead atoms. The maximum Gasteiger partial charge on any atom is 0.416 e. The van der Waals surface area contributed by atoms with E-state index in [1.165, 1.54) is 12.1 Å². The molecule has 0 aliphatic carbocycles. The molecular weight excluding hydrogens is 407 g/mol. The minimum absolute atomic E-state index is 0.667. The van der Waals surface area contributed by atoms with Crippen molar-refractivity contribution in [2.24, 2.45) is 0 Å². The van der Waals surface area contributed by atoms with Crippen LogP contribution in [0.15, 0.2) is 83.7 Å². The van der Waals surface area contributed by atoms with Crippen LogP contribution in [0.5, 0.6) is 0 Å². The Balaban J connectivity index is 1.73. The molecule has 30 heavy (non-hydrogen) atoms. The monoisotopic (exact) mass is 421 g/mol. The van der Waals surface area contributed by atoms with Gasteiger partial charge in [0.05, 0.1) is 5.56 Å². The smallest absolute Gasteiger partial charge is 0.281 e. The molecule has 7 heteroatoms. The average molecular weight is 421 g/mol. The van der Waals surface area contributed by atoms with Gasteiger partial charge in [0.1, 0.15) is 0 Å². The summed E-state index contributed by atoms with van der Waals surface area (Å²) in [6.45, 7) is 0. The molecule has 0 atom stereocenters. The minimum atomic E-state index is -4.36. The number of pyridine rings is 1. The van der Waals surface area contributed by atoms with Crippen molar-refractivity contribution in [1.82, 2.24) is 14.6 Å². The maximum absolute atomic E-state index is 13.0. The zero-order chi connectivity index (χ0) is 20.7. The Bertz CT molecular complexity index is 1310. The third-order valence-corrected chi connectivity index (χ3v) is 5.60. The summed E-state index contributed by atoms with van der Waals surface area (Å²) in [7, 11) is 0. The molecular formula is C23H14F3N3S. The number of thiophene rings is 1. The van der Waals surface area contributed by atoms with Gasteiger partial charge in [-0.25, -0.2) is 0 Å². The predicted octanol–water partition coefficient (Wildman–Crippen LogP) is 6.81. The molecule has 5 rings (SSSR count). The number of halogens is 3. The molecule has 3 nitrogen and oxygen atoms in total. The van der Waals surface area contributed by atoms with Crippen molar-refractivity contribution in [2.75, 3.05) is 0 Å². The van der Waals surface area contributed by atoms with Crippen LogP contribution in [0.25, 0.3) is 39.3 Å². The van der Waals surface area contributed by atoms with Crippen molar-refractivity contribution in [1.29, 1.82) is 0 Å². The van der Waals surface area contributed by atoms with Gasteiger partial charge in [0.2, 0.25) is 0 Å². The highest BCUT2D eigenvalue weighted by Crippen LogP contribution is 2.35. The van der Waals surface area contributed by atoms with Crippen molar-refractivity contribution in [3.8, 4) is 33.6 Å². The summed E-state index contributed by atoms with van der Waals surface area (Å²) < 4.78 is 40.8. The normalized spacial score (nSPS) is 11.8. The van der Waals surface area contributed by atoms with E-state index in [2.05, 4.69) is 10.2 Å². The van der Waals surface area contributed by atoms with E-state index in [0.717, 1.165) is 34.4 Å². The van der Waals surface area contributed by atoms with E-state index >= 15 is 0 Å². The Morgan fingerprint density at radius 2 is 1.53 bits per heavy atom. The predicted molar refractivity (Wildman–Crippen MR) is 112 cm³/mol. The fraction of sp³-hybridized carbons (Fsp3) is 0.0435. The van der Waals surface area contributed by atoms with Crippen LogP contribution in [0.2, 0.25) is 0 Å². The molecule has 2 aromatic carbocycles. The number of hydrogen-bond acceptors (Lipinski definition) is 3. The number of alkyl halides is 3. The summed E-state index contributed by atoms with van der Waals surface area (Å²) in [4.78, 5) is 0. The standard InChI is InChI=1S/C23H14F3N3S/c24-23(25,26)19-8-6-15(7-9-19)18-12-20(17-10-11-30-14-17)22-28-27-21(29(22)13-18)16-4-2-1-3-5-16/h1-14H. The van der Waals surface area contributed by atoms with Gasteiger partial charge in [-0.15, -0.1) is 10.2 Å². The van der Waals surface area contributed by atoms with Crippen molar-refractivity contribution in [3.63, 3.8) is 0 Å². The van der Waals surface area contributed by atoms with Crippen LogP contribution in [0, 0.1) is 0 Å². The molecule has 5 aromatic rings. The van der Waals surface area contributed by atoms with Gasteiger partial charge < -0.3 is 0 Å². The van der Waals surface area contributed by atoms with Crippen LogP contribution in [0.4, 0.5) is 13.2 Å². The molecule has 3 heterocycles. The molecule has 0 aliphatic rings. The number of hydrogen-bond donors (Lipinski definition) is 0. The largest absolute Gasteiger partial charge is 0.416 e. The highest BCUT2D eigenvalue weighted by atomic mass is 32.1. The third-order valence-electron chi connectivity index (χ3n) is 4.91. The Morgan fingerprint density at radius 3 is 2.20 bits per heavy atom. The Labute approximate surface area is 174 Å². The number of nitrogens with zero attached hydrogens (tertiary/aromatic N) is 3. The van der Waals surface area contributed by atoms with Crippen LogP contribution in [0.1, 0.15) is 5.56 Å². The van der Waals surface area contributed by atoms with E-state index in [0.29, 0.717) is 17.0 Å². The SMILES string of the molecule is FC(F)(F)c1ccc(-c2cc(-c3ccsc3)c3nnc(-c4ccccc4)n3c2)cc1. The van der Waals surface area contributed by atoms with Gasteiger partial charge in [-0.3, -0.25) is 4.40 Å². The lowest BCUT2D eigenvalue weighted by molar-refractivity contribution is -0.137. The second kappa shape index (κ2) is 7.11. The van der Waals surface area contributed by atoms with Crippen molar-refractivity contribution in [2.45, 2.75) is 6.18 Å². The summed E-state index contributed by atoms with van der Waals surface area (Å²) in [6, 6.07) is 18.8. The first kappa shape index (κ1) is 18.6. The Hall–Kier alpha value is -3.45. The quantitative estimate of drug-likeness (QED) is 0.320. The Kier molecular flexibility index (Phi) is 4.40.